The minimum absolute atomic E-state index is 0.0155. The van der Waals surface area contributed by atoms with Crippen LogP contribution >= 0.6 is 11.3 Å². The molecule has 0 amide bonds. The molecule has 0 bridgehead atoms. The number of rotatable bonds is 9. The fourth-order valence-electron chi connectivity index (χ4n) is 4.59. The third kappa shape index (κ3) is 5.52. The molecule has 0 aliphatic carbocycles. The van der Waals surface area contributed by atoms with E-state index in [-0.39, 0.29) is 35.6 Å². The molecule has 8 nitrogen and oxygen atoms in total. The molecule has 2 aromatic carbocycles. The molecule has 41 heavy (non-hydrogen) atoms. The molecule has 1 unspecified atom stereocenters. The van der Waals surface area contributed by atoms with Gasteiger partial charge in [-0.1, -0.05) is 30.3 Å². The topological polar surface area (TPSA) is 90.8 Å². The van der Waals surface area contributed by atoms with Crippen LogP contribution in [0, 0.1) is 18.2 Å². The number of benzene rings is 2. The second kappa shape index (κ2) is 11.1. The van der Waals surface area contributed by atoms with E-state index >= 15 is 4.39 Å². The average Bonchev–Trinajstić information content (AvgIpc) is 3.49. The maximum absolute atomic E-state index is 15.4. The van der Waals surface area contributed by atoms with Crippen molar-refractivity contribution in [3.8, 4) is 17.1 Å². The van der Waals surface area contributed by atoms with Gasteiger partial charge in [-0.25, -0.2) is 28.4 Å². The van der Waals surface area contributed by atoms with E-state index in [1.807, 2.05) is 4.57 Å². The summed E-state index contributed by atoms with van der Waals surface area (Å²) in [6.07, 6.45) is 1.13. The molecular weight excluding hydrogens is 550 g/mol. The Labute approximate surface area is 237 Å². The summed E-state index contributed by atoms with van der Waals surface area (Å²) >= 11 is 1.10. The Morgan fingerprint density at radius 1 is 1.12 bits per heavy atom. The molecule has 1 atom stereocenters. The fourth-order valence-corrected chi connectivity index (χ4v) is 5.48. The van der Waals surface area contributed by atoms with E-state index in [0.717, 1.165) is 23.8 Å². The van der Waals surface area contributed by atoms with Gasteiger partial charge in [-0.15, -0.1) is 11.3 Å². The quantitative estimate of drug-likeness (QED) is 0.199. The Balaban J connectivity index is 1.21. The van der Waals surface area contributed by atoms with Crippen LogP contribution in [0.1, 0.15) is 33.0 Å². The number of imidazole rings is 1. The van der Waals surface area contributed by atoms with Gasteiger partial charge >= 0.3 is 5.97 Å². The van der Waals surface area contributed by atoms with E-state index in [1.54, 1.807) is 36.4 Å². The molecule has 1 aliphatic heterocycles. The predicted octanol–water partition coefficient (Wildman–Crippen LogP) is 6.65. The van der Waals surface area contributed by atoms with Crippen LogP contribution in [-0.4, -0.2) is 38.3 Å². The summed E-state index contributed by atoms with van der Waals surface area (Å²) in [5.41, 5.74) is 2.68. The zero-order valence-corrected chi connectivity index (χ0v) is 22.3. The molecule has 11 heteroatoms. The minimum atomic E-state index is -1.01. The summed E-state index contributed by atoms with van der Waals surface area (Å²) in [5, 5.41) is 9.39. The van der Waals surface area contributed by atoms with Gasteiger partial charge < -0.3 is 19.1 Å². The van der Waals surface area contributed by atoms with E-state index in [2.05, 4.69) is 14.8 Å². The summed E-state index contributed by atoms with van der Waals surface area (Å²) in [4.78, 5) is 24.6. The van der Waals surface area contributed by atoms with E-state index in [4.69, 9.17) is 16.0 Å². The fraction of sp³-hybridized carbons (Fsp3) is 0.200. The van der Waals surface area contributed by atoms with Crippen molar-refractivity contribution in [2.75, 3.05) is 6.61 Å². The predicted molar refractivity (Wildman–Crippen MR) is 148 cm³/mol. The zero-order chi connectivity index (χ0) is 28.5. The van der Waals surface area contributed by atoms with Gasteiger partial charge in [0.1, 0.15) is 33.8 Å². The lowest BCUT2D eigenvalue weighted by Gasteiger charge is -2.27. The maximum atomic E-state index is 15.4. The normalized spacial score (nSPS) is 14.5. The van der Waals surface area contributed by atoms with Gasteiger partial charge in [0.15, 0.2) is 5.69 Å². The maximum Gasteiger partial charge on any atom is 0.346 e. The highest BCUT2D eigenvalue weighted by molar-refractivity contribution is 7.20. The lowest BCUT2D eigenvalue weighted by atomic mass is 10.1. The van der Waals surface area contributed by atoms with Crippen molar-refractivity contribution in [2.24, 2.45) is 0 Å². The van der Waals surface area contributed by atoms with Crippen LogP contribution in [0.25, 0.3) is 26.4 Å². The molecule has 1 fully saturated rings. The number of carboxylic acids is 1. The van der Waals surface area contributed by atoms with Crippen LogP contribution in [0.2, 0.25) is 0 Å². The first-order chi connectivity index (χ1) is 19.9. The highest BCUT2D eigenvalue weighted by Crippen LogP contribution is 2.30. The number of nitrogens with zero attached hydrogens (tertiary/aromatic N) is 4. The van der Waals surface area contributed by atoms with Gasteiger partial charge in [0, 0.05) is 30.2 Å². The Morgan fingerprint density at radius 2 is 1.93 bits per heavy atom. The Kier molecular flexibility index (Phi) is 7.17. The van der Waals surface area contributed by atoms with Gasteiger partial charge in [-0.2, -0.15) is 0 Å². The second-order valence-electron chi connectivity index (χ2n) is 9.55. The van der Waals surface area contributed by atoms with Crippen molar-refractivity contribution in [1.82, 2.24) is 14.5 Å². The Hall–Kier alpha value is -4.66. The molecule has 6 rings (SSSR count). The molecule has 5 aromatic rings. The summed E-state index contributed by atoms with van der Waals surface area (Å²) in [6, 6.07) is 15.7. The van der Waals surface area contributed by atoms with Gasteiger partial charge in [-0.05, 0) is 36.2 Å². The van der Waals surface area contributed by atoms with Gasteiger partial charge in [0.25, 0.3) is 0 Å². The van der Waals surface area contributed by atoms with Crippen LogP contribution in [0.15, 0.2) is 60.7 Å². The molecule has 0 saturated carbocycles. The van der Waals surface area contributed by atoms with E-state index in [0.29, 0.717) is 51.7 Å². The molecular formula is C30H22F2N4O4S. The highest BCUT2D eigenvalue weighted by atomic mass is 32.1. The molecule has 4 heterocycles. The largest absolute Gasteiger partial charge is 0.477 e. The number of thiophene rings is 1. The third-order valence-corrected chi connectivity index (χ3v) is 7.89. The monoisotopic (exact) mass is 572 g/mol. The molecule has 0 spiro atoms. The Bertz CT molecular complexity index is 1820. The van der Waals surface area contributed by atoms with Crippen molar-refractivity contribution in [2.45, 2.75) is 32.1 Å². The number of carboxylic acid groups (broad SMARTS) is 1. The minimum Gasteiger partial charge on any atom is -0.477 e. The smallest absolute Gasteiger partial charge is 0.346 e. The van der Waals surface area contributed by atoms with Crippen molar-refractivity contribution in [3.05, 3.63) is 106 Å². The standard InChI is InChI=1S/C30H22F2N4O4S/c1-33-20-8-7-19(23(32)13-20)16-40-28-4-2-3-24(34-28)18-6-5-17(22(31)11-18)12-27-35-29-25(14-26(41-29)30(37)38)36(27)15-21-9-10-39-21/h2-8,11,13-14,21H,9-10,12,15-16H2,(H,37,38). The van der Waals surface area contributed by atoms with E-state index in [1.165, 1.54) is 18.2 Å². The number of halogens is 2. The molecule has 1 aliphatic rings. The van der Waals surface area contributed by atoms with Gasteiger partial charge in [0.05, 0.1) is 30.4 Å². The number of fused-ring (bicyclic) bond motifs is 1. The van der Waals surface area contributed by atoms with Gasteiger partial charge in [-0.3, -0.25) is 0 Å². The van der Waals surface area contributed by atoms with Crippen LogP contribution in [0.3, 0.4) is 0 Å². The Morgan fingerprint density at radius 3 is 2.63 bits per heavy atom. The van der Waals surface area contributed by atoms with Crippen molar-refractivity contribution in [3.63, 3.8) is 0 Å². The number of pyridine rings is 1. The highest BCUT2D eigenvalue weighted by Gasteiger charge is 2.24. The molecule has 1 N–H and O–H groups in total. The SMILES string of the molecule is [C-]#[N+]c1ccc(COc2cccc(-c3ccc(Cc4nc5sc(C(=O)O)cc5n4CC4CCO4)c(F)c3)n2)c(F)c1. The third-order valence-electron chi connectivity index (χ3n) is 6.88. The number of carbonyl (C=O) groups is 1. The average molecular weight is 573 g/mol. The van der Waals surface area contributed by atoms with E-state index in [9.17, 15) is 14.3 Å². The van der Waals surface area contributed by atoms with Crippen LogP contribution in [-0.2, 0) is 24.3 Å². The summed E-state index contributed by atoms with van der Waals surface area (Å²) < 4.78 is 42.7. The van der Waals surface area contributed by atoms with Crippen molar-refractivity contribution in [1.29, 1.82) is 0 Å². The number of ether oxygens (including phenoxy) is 2. The first-order valence-electron chi connectivity index (χ1n) is 12.8. The molecule has 206 valence electrons. The summed E-state index contributed by atoms with van der Waals surface area (Å²) in [6.45, 7) is 8.11. The van der Waals surface area contributed by atoms with E-state index < -0.39 is 17.6 Å². The first-order valence-corrected chi connectivity index (χ1v) is 13.6. The first kappa shape index (κ1) is 26.6. The molecule has 1 saturated heterocycles. The summed E-state index contributed by atoms with van der Waals surface area (Å²) in [5.74, 6) is -1.08. The number of aromatic nitrogens is 3. The lowest BCUT2D eigenvalue weighted by Crippen LogP contribution is -2.31. The van der Waals surface area contributed by atoms with Crippen molar-refractivity contribution < 1.29 is 28.2 Å². The number of hydrogen-bond donors (Lipinski definition) is 1. The second-order valence-corrected chi connectivity index (χ2v) is 10.6. The summed E-state index contributed by atoms with van der Waals surface area (Å²) in [7, 11) is 0. The number of aromatic carboxylic acids is 1. The van der Waals surface area contributed by atoms with Crippen LogP contribution in [0.5, 0.6) is 5.88 Å². The van der Waals surface area contributed by atoms with Crippen LogP contribution in [0.4, 0.5) is 14.5 Å². The zero-order valence-electron chi connectivity index (χ0n) is 21.5. The molecule has 0 radical (unpaired) electrons. The number of hydrogen-bond acceptors (Lipinski definition) is 6. The lowest BCUT2D eigenvalue weighted by molar-refractivity contribution is -0.0589. The van der Waals surface area contributed by atoms with Crippen molar-refractivity contribution >= 4 is 33.3 Å². The molecule has 3 aromatic heterocycles. The van der Waals surface area contributed by atoms with Crippen LogP contribution < -0.4 is 4.74 Å². The van der Waals surface area contributed by atoms with Gasteiger partial charge in [0.2, 0.25) is 5.88 Å².